The van der Waals surface area contributed by atoms with Gasteiger partial charge in [-0.15, -0.1) is 0 Å². The van der Waals surface area contributed by atoms with Crippen molar-refractivity contribution in [2.75, 3.05) is 0 Å². The van der Waals surface area contributed by atoms with Crippen molar-refractivity contribution < 1.29 is 4.79 Å². The normalized spacial score (nSPS) is 10.2. The highest BCUT2D eigenvalue weighted by Gasteiger charge is 1.98. The summed E-state index contributed by atoms with van der Waals surface area (Å²) in [7, 11) is 0. The van der Waals surface area contributed by atoms with Crippen LogP contribution in [0.3, 0.4) is 0 Å². The molecule has 1 rings (SSSR count). The Labute approximate surface area is 81.5 Å². The monoisotopic (exact) mass is 196 g/mol. The van der Waals surface area contributed by atoms with E-state index in [-0.39, 0.29) is 0 Å². The number of carbonyl (C=O) groups is 1. The van der Waals surface area contributed by atoms with Crippen molar-refractivity contribution in [2.24, 2.45) is 5.73 Å². The van der Waals surface area contributed by atoms with Gasteiger partial charge in [-0.05, 0) is 11.6 Å². The van der Waals surface area contributed by atoms with E-state index in [4.69, 9.17) is 17.5 Å². The van der Waals surface area contributed by atoms with Crippen molar-refractivity contribution in [2.45, 2.75) is 0 Å². The average molecular weight is 197 g/mol. The molecular weight excluding hydrogens is 188 g/mol. The third-order valence-corrected chi connectivity index (χ3v) is 1.69. The van der Waals surface area contributed by atoms with Gasteiger partial charge < -0.3 is 5.73 Å². The summed E-state index contributed by atoms with van der Waals surface area (Å²) in [6.07, 6.45) is 3.09. The van der Waals surface area contributed by atoms with Crippen LogP contribution in [0.2, 0.25) is 0 Å². The van der Waals surface area contributed by atoms with E-state index in [0.29, 0.717) is 0 Å². The zero-order chi connectivity index (χ0) is 9.68. The summed E-state index contributed by atoms with van der Waals surface area (Å²) in [6.45, 7) is 0. The van der Waals surface area contributed by atoms with Crippen LogP contribution in [0.25, 0.3) is 6.08 Å². The first-order chi connectivity index (χ1) is 6.20. The van der Waals surface area contributed by atoms with Crippen LogP contribution in [-0.2, 0) is 0 Å². The van der Waals surface area contributed by atoms with Crippen LogP contribution < -0.4 is 5.73 Å². The molecule has 3 nitrogen and oxygen atoms in total. The van der Waals surface area contributed by atoms with Crippen molar-refractivity contribution in [1.82, 2.24) is 4.42 Å². The zero-order valence-corrected chi connectivity index (χ0v) is 7.61. The number of nitrogens with zero attached hydrogens (tertiary/aromatic N) is 1. The Kier molecular flexibility index (Phi) is 3.34. The molecule has 0 aromatic heterocycles. The maximum absolute atomic E-state index is 10.5. The minimum absolute atomic E-state index is 0.700. The number of urea groups is 1. The number of halogens is 1. The van der Waals surface area contributed by atoms with Gasteiger partial charge in [-0.3, -0.25) is 0 Å². The van der Waals surface area contributed by atoms with Crippen molar-refractivity contribution in [3.8, 4) is 0 Å². The first kappa shape index (κ1) is 9.61. The molecule has 2 amide bonds. The Morgan fingerprint density at radius 3 is 2.54 bits per heavy atom. The number of rotatable bonds is 2. The van der Waals surface area contributed by atoms with Gasteiger partial charge in [0, 0.05) is 18.0 Å². The average Bonchev–Trinajstić information content (AvgIpc) is 2.15. The quantitative estimate of drug-likeness (QED) is 0.725. The molecule has 4 heteroatoms. The van der Waals surface area contributed by atoms with Gasteiger partial charge >= 0.3 is 6.03 Å². The summed E-state index contributed by atoms with van der Waals surface area (Å²) in [6, 6.07) is 8.77. The van der Waals surface area contributed by atoms with E-state index in [2.05, 4.69) is 0 Å². The van der Waals surface area contributed by atoms with Crippen LogP contribution in [-0.4, -0.2) is 10.5 Å². The highest BCUT2D eigenvalue weighted by Crippen LogP contribution is 2.03. The molecule has 1 aromatic rings. The largest absolute Gasteiger partial charge is 0.350 e. The standard InChI is InChI=1S/C9H9ClN2O/c10-12(9(11)13)7-6-8-4-2-1-3-5-8/h1-7H,(H2,11,13). The van der Waals surface area contributed by atoms with Gasteiger partial charge in [0.1, 0.15) is 0 Å². The van der Waals surface area contributed by atoms with Crippen LogP contribution >= 0.6 is 11.8 Å². The minimum atomic E-state index is -0.700. The molecule has 0 unspecified atom stereocenters. The molecule has 0 atom stereocenters. The summed E-state index contributed by atoms with van der Waals surface area (Å²) in [5.41, 5.74) is 5.86. The Hall–Kier alpha value is -1.48. The number of primary amides is 1. The van der Waals surface area contributed by atoms with Crippen molar-refractivity contribution in [3.05, 3.63) is 42.1 Å². The van der Waals surface area contributed by atoms with E-state index >= 15 is 0 Å². The molecule has 13 heavy (non-hydrogen) atoms. The molecule has 0 bridgehead atoms. The third kappa shape index (κ3) is 3.17. The minimum Gasteiger partial charge on any atom is -0.350 e. The first-order valence-electron chi connectivity index (χ1n) is 3.68. The second kappa shape index (κ2) is 4.52. The molecule has 0 saturated carbocycles. The Morgan fingerprint density at radius 2 is 2.00 bits per heavy atom. The molecule has 0 saturated heterocycles. The molecule has 2 N–H and O–H groups in total. The van der Waals surface area contributed by atoms with Gasteiger partial charge in [0.15, 0.2) is 0 Å². The lowest BCUT2D eigenvalue weighted by Crippen LogP contribution is -2.22. The van der Waals surface area contributed by atoms with Gasteiger partial charge in [0.2, 0.25) is 0 Å². The summed E-state index contributed by atoms with van der Waals surface area (Å²) in [4.78, 5) is 10.5. The molecule has 0 spiro atoms. The predicted octanol–water partition coefficient (Wildman–Crippen LogP) is 2.19. The first-order valence-corrected chi connectivity index (χ1v) is 4.01. The van der Waals surface area contributed by atoms with Gasteiger partial charge in [0.25, 0.3) is 0 Å². The number of amides is 2. The van der Waals surface area contributed by atoms with Crippen molar-refractivity contribution in [3.63, 3.8) is 0 Å². The van der Waals surface area contributed by atoms with Gasteiger partial charge in [-0.2, -0.15) is 0 Å². The fourth-order valence-corrected chi connectivity index (χ4v) is 0.845. The number of benzene rings is 1. The van der Waals surface area contributed by atoms with Crippen LogP contribution in [0.1, 0.15) is 5.56 Å². The highest BCUT2D eigenvalue weighted by atomic mass is 35.5. The van der Waals surface area contributed by atoms with Crippen LogP contribution in [0, 0.1) is 0 Å². The SMILES string of the molecule is NC(=O)N(Cl)C=Cc1ccccc1. The number of nitrogens with two attached hydrogens (primary N) is 1. The van der Waals surface area contributed by atoms with Crippen molar-refractivity contribution in [1.29, 1.82) is 0 Å². The smallest absolute Gasteiger partial charge is 0.333 e. The molecule has 0 aliphatic carbocycles. The fourth-order valence-electron chi connectivity index (χ4n) is 0.789. The molecule has 0 aliphatic heterocycles. The van der Waals surface area contributed by atoms with Crippen LogP contribution in [0.5, 0.6) is 0 Å². The van der Waals surface area contributed by atoms with E-state index in [1.54, 1.807) is 6.08 Å². The van der Waals surface area contributed by atoms with E-state index in [1.165, 1.54) is 6.20 Å². The maximum atomic E-state index is 10.5. The molecule has 68 valence electrons. The van der Waals surface area contributed by atoms with Gasteiger partial charge in [-0.1, -0.05) is 30.3 Å². The van der Waals surface area contributed by atoms with Gasteiger partial charge in [-0.25, -0.2) is 9.21 Å². The molecule has 0 fully saturated rings. The summed E-state index contributed by atoms with van der Waals surface area (Å²) < 4.78 is 0.799. The van der Waals surface area contributed by atoms with Crippen LogP contribution in [0.15, 0.2) is 36.5 Å². The Balaban J connectivity index is 2.64. The topological polar surface area (TPSA) is 46.3 Å². The zero-order valence-electron chi connectivity index (χ0n) is 6.85. The lowest BCUT2D eigenvalue weighted by molar-refractivity contribution is 0.241. The molecule has 0 radical (unpaired) electrons. The maximum Gasteiger partial charge on any atom is 0.333 e. The summed E-state index contributed by atoms with van der Waals surface area (Å²) >= 11 is 5.44. The van der Waals surface area contributed by atoms with E-state index < -0.39 is 6.03 Å². The van der Waals surface area contributed by atoms with Gasteiger partial charge in [0.05, 0.1) is 0 Å². The second-order valence-electron chi connectivity index (χ2n) is 2.38. The van der Waals surface area contributed by atoms with Crippen molar-refractivity contribution >= 4 is 23.9 Å². The number of carbonyl (C=O) groups excluding carboxylic acids is 1. The molecule has 0 heterocycles. The Bertz CT molecular complexity index is 311. The number of hydrogen-bond donors (Lipinski definition) is 1. The molecular formula is C9H9ClN2O. The van der Waals surface area contributed by atoms with Crippen LogP contribution in [0.4, 0.5) is 4.79 Å². The molecule has 1 aromatic carbocycles. The molecule has 0 aliphatic rings. The van der Waals surface area contributed by atoms with E-state index in [9.17, 15) is 4.79 Å². The number of hydrogen-bond acceptors (Lipinski definition) is 1. The predicted molar refractivity (Wildman–Crippen MR) is 52.8 cm³/mol. The van der Waals surface area contributed by atoms with E-state index in [0.717, 1.165) is 9.98 Å². The fraction of sp³-hybridized carbons (Fsp3) is 0. The summed E-state index contributed by atoms with van der Waals surface area (Å²) in [5, 5.41) is 0. The lowest BCUT2D eigenvalue weighted by atomic mass is 10.2. The highest BCUT2D eigenvalue weighted by molar-refractivity contribution is 6.21. The summed E-state index contributed by atoms with van der Waals surface area (Å²) in [5.74, 6) is 0. The Morgan fingerprint density at radius 1 is 1.38 bits per heavy atom. The lowest BCUT2D eigenvalue weighted by Gasteiger charge is -2.02. The second-order valence-corrected chi connectivity index (χ2v) is 2.74. The van der Waals surface area contributed by atoms with E-state index in [1.807, 2.05) is 30.3 Å². The third-order valence-electron chi connectivity index (χ3n) is 1.41.